The molecular weight excluding hydrogens is 603 g/mol. The molecule has 3 heterocycles. The quantitative estimate of drug-likeness (QED) is 0.190. The minimum absolute atomic E-state index is 0.615. The Morgan fingerprint density at radius 1 is 0.449 bits per heavy atom. The number of fused-ring (bicyclic) bond motifs is 8. The first-order valence-corrected chi connectivity index (χ1v) is 16.3. The Morgan fingerprint density at radius 2 is 1.06 bits per heavy atom. The van der Waals surface area contributed by atoms with Gasteiger partial charge in [-0.3, -0.25) is 0 Å². The fourth-order valence-corrected chi connectivity index (χ4v) is 7.02. The molecule has 7 aromatic carbocycles. The third-order valence-electron chi connectivity index (χ3n) is 9.24. The molecule has 49 heavy (non-hydrogen) atoms. The molecule has 0 fully saturated rings. The fourth-order valence-electron chi connectivity index (χ4n) is 7.02. The van der Waals surface area contributed by atoms with Crippen LogP contribution in [0.5, 0.6) is 0 Å². The van der Waals surface area contributed by atoms with Crippen LogP contribution in [-0.4, -0.2) is 9.97 Å². The van der Waals surface area contributed by atoms with Gasteiger partial charge in [0.15, 0.2) is 11.4 Å². The van der Waals surface area contributed by atoms with Gasteiger partial charge in [-0.15, -0.1) is 0 Å². The highest BCUT2D eigenvalue weighted by Gasteiger charge is 2.23. The molecule has 3 aromatic heterocycles. The third kappa shape index (κ3) is 4.40. The minimum Gasteiger partial charge on any atom is -0.455 e. The molecule has 5 nitrogen and oxygen atoms in total. The van der Waals surface area contributed by atoms with Gasteiger partial charge in [0.25, 0.3) is 0 Å². The van der Waals surface area contributed by atoms with Crippen LogP contribution in [-0.2, 0) is 0 Å². The van der Waals surface area contributed by atoms with Gasteiger partial charge in [0.2, 0.25) is 0 Å². The third-order valence-corrected chi connectivity index (χ3v) is 9.24. The van der Waals surface area contributed by atoms with Gasteiger partial charge < -0.3 is 13.7 Å². The Morgan fingerprint density at radius 3 is 1.82 bits per heavy atom. The number of aromatic nitrogens is 2. The number of hydrogen-bond acceptors (Lipinski definition) is 5. The number of benzene rings is 7. The van der Waals surface area contributed by atoms with E-state index in [1.165, 1.54) is 0 Å². The standard InChI is InChI=1S/C44H27N3O2/c1-4-14-28(15-5-1)40-43-41(34-22-12-13-23-37(34)49-43)46-44(45-40)36-26-29-16-10-11-21-33(29)42-39(36)35-27-32(24-25-38(35)48-42)47(30-17-6-2-7-18-30)31-19-8-3-9-20-31/h1-27H. The molecule has 0 bridgehead atoms. The SMILES string of the molecule is c1ccc(-c2nc(-c3cc4ccccc4c4oc5ccc(N(c6ccccc6)c6ccccc6)cc5c34)nc3c2oc2ccccc23)cc1. The summed E-state index contributed by atoms with van der Waals surface area (Å²) in [6, 6.07) is 56.1. The molecule has 10 aromatic rings. The van der Waals surface area contributed by atoms with Gasteiger partial charge in [-0.05, 0) is 66.0 Å². The first-order valence-electron chi connectivity index (χ1n) is 16.3. The molecule has 0 radical (unpaired) electrons. The summed E-state index contributed by atoms with van der Waals surface area (Å²) >= 11 is 0. The Hall–Kier alpha value is -6.72. The van der Waals surface area contributed by atoms with Gasteiger partial charge in [-0.2, -0.15) is 0 Å². The molecule has 230 valence electrons. The molecule has 0 unspecified atom stereocenters. The van der Waals surface area contributed by atoms with E-state index in [0.29, 0.717) is 11.4 Å². The second kappa shape index (κ2) is 10.9. The van der Waals surface area contributed by atoms with Gasteiger partial charge in [-0.25, -0.2) is 9.97 Å². The summed E-state index contributed by atoms with van der Waals surface area (Å²) in [6.45, 7) is 0. The molecule has 0 N–H and O–H groups in total. The number of rotatable bonds is 5. The average molecular weight is 630 g/mol. The maximum absolute atomic E-state index is 6.74. The van der Waals surface area contributed by atoms with Crippen LogP contribution in [0.15, 0.2) is 173 Å². The van der Waals surface area contributed by atoms with Gasteiger partial charge in [-0.1, -0.05) is 103 Å². The maximum atomic E-state index is 6.74. The zero-order valence-electron chi connectivity index (χ0n) is 26.2. The van der Waals surface area contributed by atoms with E-state index in [2.05, 4.69) is 120 Å². The monoisotopic (exact) mass is 629 g/mol. The van der Waals surface area contributed by atoms with E-state index in [9.17, 15) is 0 Å². The van der Waals surface area contributed by atoms with Crippen LogP contribution in [0.4, 0.5) is 17.1 Å². The summed E-state index contributed by atoms with van der Waals surface area (Å²) in [4.78, 5) is 12.8. The zero-order chi connectivity index (χ0) is 32.3. The average Bonchev–Trinajstić information content (AvgIpc) is 3.74. The molecule has 0 spiro atoms. The van der Waals surface area contributed by atoms with Gasteiger partial charge >= 0.3 is 0 Å². The number of para-hydroxylation sites is 3. The van der Waals surface area contributed by atoms with Crippen molar-refractivity contribution in [2.75, 3.05) is 4.90 Å². The summed E-state index contributed by atoms with van der Waals surface area (Å²) in [7, 11) is 0. The van der Waals surface area contributed by atoms with E-state index in [0.717, 1.165) is 83.1 Å². The number of anilines is 3. The molecular formula is C44H27N3O2. The highest BCUT2D eigenvalue weighted by Crippen LogP contribution is 2.44. The Labute approximate surface area is 281 Å². The van der Waals surface area contributed by atoms with Crippen molar-refractivity contribution in [3.63, 3.8) is 0 Å². The van der Waals surface area contributed by atoms with Crippen LogP contribution in [0.1, 0.15) is 0 Å². The molecule has 10 rings (SSSR count). The summed E-state index contributed by atoms with van der Waals surface area (Å²) in [5.74, 6) is 0.615. The van der Waals surface area contributed by atoms with Crippen LogP contribution in [0.25, 0.3) is 77.4 Å². The van der Waals surface area contributed by atoms with Crippen molar-refractivity contribution in [1.82, 2.24) is 9.97 Å². The smallest absolute Gasteiger partial charge is 0.180 e. The maximum Gasteiger partial charge on any atom is 0.180 e. The zero-order valence-corrected chi connectivity index (χ0v) is 26.2. The molecule has 0 aliphatic rings. The highest BCUT2D eigenvalue weighted by molar-refractivity contribution is 6.21. The predicted molar refractivity (Wildman–Crippen MR) is 200 cm³/mol. The number of furan rings is 2. The van der Waals surface area contributed by atoms with E-state index in [4.69, 9.17) is 18.8 Å². The second-order valence-corrected chi connectivity index (χ2v) is 12.2. The largest absolute Gasteiger partial charge is 0.455 e. The number of hydrogen-bond donors (Lipinski definition) is 0. The van der Waals surface area contributed by atoms with Gasteiger partial charge in [0.05, 0.1) is 0 Å². The van der Waals surface area contributed by atoms with E-state index >= 15 is 0 Å². The van der Waals surface area contributed by atoms with Crippen molar-refractivity contribution < 1.29 is 8.83 Å². The summed E-state index contributed by atoms with van der Waals surface area (Å²) < 4.78 is 13.2. The second-order valence-electron chi connectivity index (χ2n) is 12.2. The van der Waals surface area contributed by atoms with Crippen LogP contribution in [0, 0.1) is 0 Å². The van der Waals surface area contributed by atoms with Crippen LogP contribution >= 0.6 is 0 Å². The van der Waals surface area contributed by atoms with Crippen molar-refractivity contribution in [1.29, 1.82) is 0 Å². The molecule has 0 aliphatic heterocycles. The first-order chi connectivity index (χ1) is 24.3. The molecule has 5 heteroatoms. The number of nitrogens with zero attached hydrogens (tertiary/aromatic N) is 3. The van der Waals surface area contributed by atoms with Gasteiger partial charge in [0.1, 0.15) is 28.0 Å². The molecule has 0 amide bonds. The Balaban J connectivity index is 1.30. The summed E-state index contributed by atoms with van der Waals surface area (Å²) in [5.41, 5.74) is 9.64. The fraction of sp³-hybridized carbons (Fsp3) is 0. The summed E-state index contributed by atoms with van der Waals surface area (Å²) in [6.07, 6.45) is 0. The summed E-state index contributed by atoms with van der Waals surface area (Å²) in [5, 5.41) is 5.02. The van der Waals surface area contributed by atoms with Crippen LogP contribution in [0.3, 0.4) is 0 Å². The molecule has 0 saturated heterocycles. The van der Waals surface area contributed by atoms with Crippen molar-refractivity contribution >= 4 is 71.8 Å². The molecule has 0 saturated carbocycles. The van der Waals surface area contributed by atoms with Crippen LogP contribution < -0.4 is 4.90 Å². The van der Waals surface area contributed by atoms with Crippen LogP contribution in [0.2, 0.25) is 0 Å². The Bertz CT molecular complexity index is 2780. The lowest BCUT2D eigenvalue weighted by atomic mass is 9.99. The lowest BCUT2D eigenvalue weighted by Crippen LogP contribution is -2.09. The first kappa shape index (κ1) is 27.4. The molecule has 0 aliphatic carbocycles. The lowest BCUT2D eigenvalue weighted by molar-refractivity contribution is 0.667. The highest BCUT2D eigenvalue weighted by atomic mass is 16.3. The van der Waals surface area contributed by atoms with Crippen molar-refractivity contribution in [3.8, 4) is 22.6 Å². The van der Waals surface area contributed by atoms with Gasteiger partial charge in [0, 0.05) is 49.7 Å². The van der Waals surface area contributed by atoms with E-state index in [1.807, 2.05) is 48.5 Å². The van der Waals surface area contributed by atoms with E-state index in [-0.39, 0.29) is 0 Å². The lowest BCUT2D eigenvalue weighted by Gasteiger charge is -2.25. The Kier molecular flexibility index (Phi) is 6.11. The normalized spacial score (nSPS) is 11.7. The minimum atomic E-state index is 0.615. The predicted octanol–water partition coefficient (Wildman–Crippen LogP) is 12.2. The van der Waals surface area contributed by atoms with Crippen molar-refractivity contribution in [3.05, 3.63) is 164 Å². The van der Waals surface area contributed by atoms with E-state index in [1.54, 1.807) is 0 Å². The topological polar surface area (TPSA) is 55.3 Å². The van der Waals surface area contributed by atoms with Crippen molar-refractivity contribution in [2.45, 2.75) is 0 Å². The van der Waals surface area contributed by atoms with E-state index < -0.39 is 0 Å². The van der Waals surface area contributed by atoms with Crippen molar-refractivity contribution in [2.24, 2.45) is 0 Å². The molecule has 0 atom stereocenters.